The van der Waals surface area contributed by atoms with Gasteiger partial charge in [0.2, 0.25) is 5.95 Å². The molecule has 0 spiro atoms. The van der Waals surface area contributed by atoms with Gasteiger partial charge >= 0.3 is 0 Å². The minimum atomic E-state index is -0.440. The number of benzene rings is 1. The van der Waals surface area contributed by atoms with Crippen molar-refractivity contribution < 1.29 is 4.39 Å². The fourth-order valence-corrected chi connectivity index (χ4v) is 5.82. The highest BCUT2D eigenvalue weighted by Crippen LogP contribution is 2.33. The Bertz CT molecular complexity index is 1290. The number of pyridine rings is 1. The van der Waals surface area contributed by atoms with Gasteiger partial charge in [-0.1, -0.05) is 23.2 Å². The predicted molar refractivity (Wildman–Crippen MR) is 154 cm³/mol. The monoisotopic (exact) mass is 557 g/mol. The first-order valence-electron chi connectivity index (χ1n) is 13.3. The first-order chi connectivity index (χ1) is 18.3. The van der Waals surface area contributed by atoms with Gasteiger partial charge in [-0.2, -0.15) is 4.98 Å². The predicted octanol–water partition coefficient (Wildman–Crippen LogP) is 5.45. The van der Waals surface area contributed by atoms with Gasteiger partial charge in [0.15, 0.2) is 0 Å². The molecule has 1 aromatic carbocycles. The lowest BCUT2D eigenvalue weighted by atomic mass is 10.1. The van der Waals surface area contributed by atoms with E-state index in [4.69, 9.17) is 38.2 Å². The van der Waals surface area contributed by atoms with Crippen LogP contribution in [0.5, 0.6) is 0 Å². The fourth-order valence-electron chi connectivity index (χ4n) is 5.33. The highest BCUT2D eigenvalue weighted by molar-refractivity contribution is 6.33. The van der Waals surface area contributed by atoms with Crippen LogP contribution in [0.25, 0.3) is 11.3 Å². The first kappa shape index (κ1) is 26.9. The number of piperazine rings is 1. The van der Waals surface area contributed by atoms with Crippen molar-refractivity contribution in [1.29, 1.82) is 0 Å². The van der Waals surface area contributed by atoms with Gasteiger partial charge in [0.05, 0.1) is 15.7 Å². The second-order valence-electron chi connectivity index (χ2n) is 10.2. The van der Waals surface area contributed by atoms with E-state index >= 15 is 0 Å². The number of hydrogen-bond donors (Lipinski definition) is 1. The molecular weight excluding hydrogens is 524 g/mol. The number of anilines is 3. The molecule has 10 heteroatoms. The molecule has 2 aliphatic heterocycles. The minimum Gasteiger partial charge on any atom is -0.352 e. The van der Waals surface area contributed by atoms with Gasteiger partial charge in [0.25, 0.3) is 0 Å². The van der Waals surface area contributed by atoms with Crippen molar-refractivity contribution >= 4 is 40.8 Å². The smallest absolute Gasteiger partial charge is 0.228 e. The van der Waals surface area contributed by atoms with E-state index in [9.17, 15) is 4.39 Å². The van der Waals surface area contributed by atoms with Crippen LogP contribution in [-0.2, 0) is 6.42 Å². The van der Waals surface area contributed by atoms with Crippen LogP contribution in [0.15, 0.2) is 36.5 Å². The zero-order valence-corrected chi connectivity index (χ0v) is 23.6. The molecule has 2 saturated heterocycles. The molecule has 0 amide bonds. The van der Waals surface area contributed by atoms with Crippen LogP contribution in [0.1, 0.15) is 32.3 Å². The van der Waals surface area contributed by atoms with Gasteiger partial charge in [-0.25, -0.2) is 14.4 Å². The normalized spacial score (nSPS) is 19.9. The highest BCUT2D eigenvalue weighted by atomic mass is 35.5. The van der Waals surface area contributed by atoms with E-state index in [1.165, 1.54) is 6.07 Å². The number of likely N-dealkylation sites (N-methyl/N-ethyl adjacent to an activating group) is 1. The van der Waals surface area contributed by atoms with Crippen molar-refractivity contribution in [3.05, 3.63) is 58.0 Å². The second-order valence-corrected chi connectivity index (χ2v) is 11.0. The van der Waals surface area contributed by atoms with Crippen molar-refractivity contribution in [2.24, 2.45) is 0 Å². The summed E-state index contributed by atoms with van der Waals surface area (Å²) in [6.45, 7) is 8.50. The van der Waals surface area contributed by atoms with Crippen molar-refractivity contribution in [3.63, 3.8) is 0 Å². The number of hydrogen-bond acceptors (Lipinski definition) is 7. The number of rotatable bonds is 7. The topological polar surface area (TPSA) is 60.4 Å². The van der Waals surface area contributed by atoms with E-state index in [1.54, 1.807) is 12.1 Å². The molecule has 2 atom stereocenters. The van der Waals surface area contributed by atoms with E-state index in [0.29, 0.717) is 17.0 Å². The Morgan fingerprint density at radius 3 is 2.53 bits per heavy atom. The van der Waals surface area contributed by atoms with Gasteiger partial charge < -0.3 is 20.0 Å². The van der Waals surface area contributed by atoms with Crippen LogP contribution in [0.2, 0.25) is 10.0 Å². The summed E-state index contributed by atoms with van der Waals surface area (Å²) in [5.74, 6) is 1.95. The third-order valence-electron chi connectivity index (χ3n) is 7.49. The van der Waals surface area contributed by atoms with Crippen LogP contribution >= 0.6 is 23.2 Å². The molecule has 0 radical (unpaired) electrons. The molecule has 4 heterocycles. The molecule has 0 unspecified atom stereocenters. The zero-order valence-electron chi connectivity index (χ0n) is 22.1. The molecular formula is C28H34Cl2FN7. The standard InChI is InChI=1S/C28H34Cl2FN7/c1-18-5-4-10-38(18)28-34-25(21-6-7-24(31)22(29)14-21)15-26(35-28)37-12-11-36(17-19(37)2)27-23(30)13-20(16-33-27)8-9-32-3/h6-7,13-16,18-19,32H,4-5,8-12,17H2,1-3H3/t18-,19-/m1/s1. The molecule has 3 aromatic rings. The van der Waals surface area contributed by atoms with Gasteiger partial charge in [0, 0.05) is 56.1 Å². The van der Waals surface area contributed by atoms with Crippen LogP contribution in [0, 0.1) is 5.82 Å². The average Bonchev–Trinajstić information content (AvgIpc) is 3.34. The van der Waals surface area contributed by atoms with Crippen molar-refractivity contribution in [3.8, 4) is 11.3 Å². The summed E-state index contributed by atoms with van der Waals surface area (Å²) in [4.78, 5) is 21.4. The fraction of sp³-hybridized carbons (Fsp3) is 0.464. The minimum absolute atomic E-state index is 0.0853. The van der Waals surface area contributed by atoms with Crippen LogP contribution < -0.4 is 20.0 Å². The summed E-state index contributed by atoms with van der Waals surface area (Å²) in [5, 5.41) is 3.93. The summed E-state index contributed by atoms with van der Waals surface area (Å²) < 4.78 is 13.9. The van der Waals surface area contributed by atoms with E-state index < -0.39 is 5.82 Å². The Morgan fingerprint density at radius 1 is 1.00 bits per heavy atom. The second kappa shape index (κ2) is 11.6. The Kier molecular flexibility index (Phi) is 8.21. The number of halogens is 3. The lowest BCUT2D eigenvalue weighted by molar-refractivity contribution is 0.542. The van der Waals surface area contributed by atoms with E-state index in [2.05, 4.69) is 33.9 Å². The van der Waals surface area contributed by atoms with E-state index in [1.807, 2.05) is 25.4 Å². The molecule has 2 aromatic heterocycles. The third kappa shape index (κ3) is 5.67. The molecule has 7 nitrogen and oxygen atoms in total. The zero-order chi connectivity index (χ0) is 26.8. The Hall–Kier alpha value is -2.68. The van der Waals surface area contributed by atoms with Crippen LogP contribution in [-0.4, -0.2) is 66.8 Å². The summed E-state index contributed by atoms with van der Waals surface area (Å²) in [6.07, 6.45) is 5.04. The SMILES string of the molecule is CNCCc1cnc(N2CCN(c3cc(-c4ccc(F)c(Cl)c4)nc(N4CCC[C@H]4C)n3)[C@H](C)C2)c(Cl)c1. The van der Waals surface area contributed by atoms with Crippen molar-refractivity contribution in [2.75, 3.05) is 54.5 Å². The van der Waals surface area contributed by atoms with Crippen LogP contribution in [0.4, 0.5) is 22.0 Å². The number of nitrogens with one attached hydrogen (secondary N) is 1. The largest absolute Gasteiger partial charge is 0.352 e. The summed E-state index contributed by atoms with van der Waals surface area (Å²) in [6, 6.07) is 9.28. The maximum Gasteiger partial charge on any atom is 0.228 e. The van der Waals surface area contributed by atoms with Crippen molar-refractivity contribution in [1.82, 2.24) is 20.3 Å². The average molecular weight is 559 g/mol. The Morgan fingerprint density at radius 2 is 1.84 bits per heavy atom. The lowest BCUT2D eigenvalue weighted by Crippen LogP contribution is -2.52. The summed E-state index contributed by atoms with van der Waals surface area (Å²) in [5.41, 5.74) is 2.63. The Labute approximate surface area is 234 Å². The summed E-state index contributed by atoms with van der Waals surface area (Å²) in [7, 11) is 1.94. The first-order valence-corrected chi connectivity index (χ1v) is 14.0. The molecule has 202 valence electrons. The maximum atomic E-state index is 13.9. The molecule has 0 bridgehead atoms. The van der Waals surface area contributed by atoms with E-state index in [0.717, 1.165) is 80.4 Å². The Balaban J connectivity index is 1.42. The van der Waals surface area contributed by atoms with Gasteiger partial charge in [-0.3, -0.25) is 0 Å². The van der Waals surface area contributed by atoms with Crippen molar-refractivity contribution in [2.45, 2.75) is 45.2 Å². The molecule has 5 rings (SSSR count). The molecule has 0 saturated carbocycles. The molecule has 2 aliphatic rings. The quantitative estimate of drug-likeness (QED) is 0.414. The highest BCUT2D eigenvalue weighted by Gasteiger charge is 2.29. The molecule has 2 fully saturated rings. The van der Waals surface area contributed by atoms with Gasteiger partial charge in [0.1, 0.15) is 17.5 Å². The molecule has 1 N–H and O–H groups in total. The molecule has 38 heavy (non-hydrogen) atoms. The maximum absolute atomic E-state index is 13.9. The van der Waals surface area contributed by atoms with Crippen LogP contribution in [0.3, 0.4) is 0 Å². The number of nitrogens with zero attached hydrogens (tertiary/aromatic N) is 6. The third-order valence-corrected chi connectivity index (χ3v) is 8.06. The lowest BCUT2D eigenvalue weighted by Gasteiger charge is -2.41. The molecule has 0 aliphatic carbocycles. The van der Waals surface area contributed by atoms with Gasteiger partial charge in [-0.05, 0) is 76.5 Å². The van der Waals surface area contributed by atoms with E-state index in [-0.39, 0.29) is 11.1 Å². The number of aromatic nitrogens is 3. The summed E-state index contributed by atoms with van der Waals surface area (Å²) >= 11 is 12.8. The van der Waals surface area contributed by atoms with Gasteiger partial charge in [-0.15, -0.1) is 0 Å².